The molecule has 90 valence electrons. The second-order valence-electron chi connectivity index (χ2n) is 4.21. The van der Waals surface area contributed by atoms with Crippen LogP contribution in [0.4, 0.5) is 5.69 Å². The number of nitrogens with two attached hydrogens (primary N) is 1. The highest BCUT2D eigenvalue weighted by Gasteiger charge is 2.11. The number of nitrogens with zero attached hydrogens (tertiary/aromatic N) is 2. The molecule has 0 amide bonds. The summed E-state index contributed by atoms with van der Waals surface area (Å²) in [7, 11) is 0. The number of imidazole rings is 1. The molecule has 3 rings (SSSR count). The number of pyridine rings is 1. The van der Waals surface area contributed by atoms with E-state index >= 15 is 0 Å². The summed E-state index contributed by atoms with van der Waals surface area (Å²) >= 11 is 0. The molecule has 0 fully saturated rings. The smallest absolute Gasteiger partial charge is 0.178 e. The Balaban J connectivity index is 2.22. The molecule has 0 spiro atoms. The van der Waals surface area contributed by atoms with Gasteiger partial charge >= 0.3 is 0 Å². The van der Waals surface area contributed by atoms with E-state index in [0.717, 1.165) is 11.1 Å². The number of fused-ring (bicyclic) bond motifs is 1. The summed E-state index contributed by atoms with van der Waals surface area (Å²) in [4.78, 5) is 11.7. The molecule has 18 heavy (non-hydrogen) atoms. The van der Waals surface area contributed by atoms with E-state index in [0.29, 0.717) is 22.7 Å². The number of para-hydroxylation sites is 1. The third-order valence-electron chi connectivity index (χ3n) is 2.80. The molecule has 0 aliphatic rings. The van der Waals surface area contributed by atoms with Gasteiger partial charge in [0.2, 0.25) is 0 Å². The van der Waals surface area contributed by atoms with Crippen molar-refractivity contribution < 1.29 is 5.11 Å². The molecule has 0 unspecified atom stereocenters. The maximum atomic E-state index is 9.93. The molecule has 3 aromatic rings. The number of aromatic hydroxyl groups is 1. The van der Waals surface area contributed by atoms with Crippen molar-refractivity contribution in [3.8, 4) is 17.1 Å². The first-order chi connectivity index (χ1) is 8.65. The number of hydrogen-bond acceptors (Lipinski definition) is 4. The molecule has 5 heteroatoms. The molecule has 0 aliphatic carbocycles. The fraction of sp³-hybridized carbons (Fsp3) is 0.0769. The van der Waals surface area contributed by atoms with Gasteiger partial charge in [0.25, 0.3) is 0 Å². The summed E-state index contributed by atoms with van der Waals surface area (Å²) in [5, 5.41) is 9.93. The molecule has 0 bridgehead atoms. The van der Waals surface area contributed by atoms with Gasteiger partial charge in [-0.2, -0.15) is 0 Å². The molecule has 0 aliphatic heterocycles. The summed E-state index contributed by atoms with van der Waals surface area (Å²) in [6.07, 6.45) is 1.76. The highest BCUT2D eigenvalue weighted by Crippen LogP contribution is 2.32. The zero-order valence-electron chi connectivity index (χ0n) is 9.81. The van der Waals surface area contributed by atoms with Gasteiger partial charge in [0.05, 0.1) is 16.8 Å². The number of phenols is 1. The van der Waals surface area contributed by atoms with Gasteiger partial charge in [-0.3, -0.25) is 0 Å². The molecule has 0 saturated heterocycles. The topological polar surface area (TPSA) is 87.8 Å². The minimum atomic E-state index is 0.0354. The van der Waals surface area contributed by atoms with E-state index in [9.17, 15) is 5.11 Å². The number of aromatic nitrogens is 3. The second kappa shape index (κ2) is 3.73. The van der Waals surface area contributed by atoms with E-state index in [4.69, 9.17) is 5.73 Å². The molecule has 2 heterocycles. The Kier molecular flexibility index (Phi) is 2.19. The zero-order chi connectivity index (χ0) is 12.7. The standard InChI is InChI=1S/C13H12N4O/c1-7-5-10-13(15-6-7)17-12(16-10)8-3-2-4-9(14)11(8)18/h2-6,18H,14H2,1H3,(H,15,16,17). The fourth-order valence-corrected chi connectivity index (χ4v) is 1.88. The Bertz CT molecular complexity index is 733. The third kappa shape index (κ3) is 1.57. The van der Waals surface area contributed by atoms with Crippen LogP contribution in [0.3, 0.4) is 0 Å². The van der Waals surface area contributed by atoms with Crippen LogP contribution in [0.1, 0.15) is 5.56 Å². The van der Waals surface area contributed by atoms with Gasteiger partial charge in [-0.1, -0.05) is 6.07 Å². The lowest BCUT2D eigenvalue weighted by Crippen LogP contribution is -1.88. The summed E-state index contributed by atoms with van der Waals surface area (Å²) in [6, 6.07) is 7.14. The van der Waals surface area contributed by atoms with Crippen LogP contribution in [-0.2, 0) is 0 Å². The number of rotatable bonds is 1. The largest absolute Gasteiger partial charge is 0.505 e. The van der Waals surface area contributed by atoms with E-state index in [1.54, 1.807) is 24.4 Å². The molecule has 4 N–H and O–H groups in total. The number of nitrogens with one attached hydrogen (secondary N) is 1. The summed E-state index contributed by atoms with van der Waals surface area (Å²) in [5.41, 5.74) is 9.09. The van der Waals surface area contributed by atoms with Gasteiger partial charge in [0.15, 0.2) is 5.65 Å². The Labute approximate surface area is 103 Å². The molecule has 0 atom stereocenters. The van der Waals surface area contributed by atoms with Crippen molar-refractivity contribution in [2.24, 2.45) is 0 Å². The van der Waals surface area contributed by atoms with Crippen LogP contribution in [0.25, 0.3) is 22.6 Å². The van der Waals surface area contributed by atoms with Crippen molar-refractivity contribution in [2.45, 2.75) is 6.92 Å². The van der Waals surface area contributed by atoms with Crippen molar-refractivity contribution in [1.82, 2.24) is 15.0 Å². The SMILES string of the molecule is Cc1cnc2nc(-c3cccc(N)c3O)[nH]c2c1. The van der Waals surface area contributed by atoms with E-state index in [-0.39, 0.29) is 5.75 Å². The molecule has 2 aromatic heterocycles. The van der Waals surface area contributed by atoms with Crippen molar-refractivity contribution in [3.63, 3.8) is 0 Å². The highest BCUT2D eigenvalue weighted by atomic mass is 16.3. The number of benzene rings is 1. The Morgan fingerprint density at radius 2 is 2.17 bits per heavy atom. The second-order valence-corrected chi connectivity index (χ2v) is 4.21. The van der Waals surface area contributed by atoms with Crippen LogP contribution in [0.15, 0.2) is 30.5 Å². The monoisotopic (exact) mass is 240 g/mol. The van der Waals surface area contributed by atoms with Crippen LogP contribution < -0.4 is 5.73 Å². The van der Waals surface area contributed by atoms with E-state index in [1.165, 1.54) is 0 Å². The zero-order valence-corrected chi connectivity index (χ0v) is 9.81. The predicted octanol–water partition coefficient (Wildman–Crippen LogP) is 2.22. The lowest BCUT2D eigenvalue weighted by molar-refractivity contribution is 0.479. The van der Waals surface area contributed by atoms with Crippen molar-refractivity contribution >= 4 is 16.9 Å². The van der Waals surface area contributed by atoms with Crippen LogP contribution in [0.5, 0.6) is 5.75 Å². The third-order valence-corrected chi connectivity index (χ3v) is 2.80. The van der Waals surface area contributed by atoms with Gasteiger partial charge in [-0.25, -0.2) is 9.97 Å². The molecular weight excluding hydrogens is 228 g/mol. The van der Waals surface area contributed by atoms with E-state index < -0.39 is 0 Å². The van der Waals surface area contributed by atoms with Crippen LogP contribution in [-0.4, -0.2) is 20.1 Å². The number of aromatic amines is 1. The fourth-order valence-electron chi connectivity index (χ4n) is 1.88. The van der Waals surface area contributed by atoms with Crippen molar-refractivity contribution in [3.05, 3.63) is 36.0 Å². The minimum Gasteiger partial charge on any atom is -0.505 e. The Hall–Kier alpha value is -2.56. The average molecular weight is 240 g/mol. The first-order valence-corrected chi connectivity index (χ1v) is 5.55. The number of hydrogen-bond donors (Lipinski definition) is 3. The Morgan fingerprint density at radius 1 is 1.33 bits per heavy atom. The quantitative estimate of drug-likeness (QED) is 0.449. The summed E-state index contributed by atoms with van der Waals surface area (Å²) in [6.45, 7) is 1.96. The van der Waals surface area contributed by atoms with Crippen LogP contribution in [0, 0.1) is 6.92 Å². The molecule has 5 nitrogen and oxygen atoms in total. The first-order valence-electron chi connectivity index (χ1n) is 5.55. The summed E-state index contributed by atoms with van der Waals surface area (Å²) < 4.78 is 0. The van der Waals surface area contributed by atoms with Crippen LogP contribution in [0.2, 0.25) is 0 Å². The number of aryl methyl sites for hydroxylation is 1. The molecular formula is C13H12N4O. The van der Waals surface area contributed by atoms with E-state index in [2.05, 4.69) is 15.0 Å². The maximum Gasteiger partial charge on any atom is 0.178 e. The van der Waals surface area contributed by atoms with Gasteiger partial charge in [-0.15, -0.1) is 0 Å². The summed E-state index contributed by atoms with van der Waals surface area (Å²) in [5.74, 6) is 0.598. The average Bonchev–Trinajstić information content (AvgIpc) is 2.75. The van der Waals surface area contributed by atoms with Crippen molar-refractivity contribution in [2.75, 3.05) is 5.73 Å². The number of phenolic OH excluding ortho intramolecular Hbond substituents is 1. The maximum absolute atomic E-state index is 9.93. The van der Waals surface area contributed by atoms with Gasteiger partial charge in [0, 0.05) is 6.20 Å². The molecule has 0 saturated carbocycles. The lowest BCUT2D eigenvalue weighted by atomic mass is 10.1. The van der Waals surface area contributed by atoms with Crippen LogP contribution >= 0.6 is 0 Å². The highest BCUT2D eigenvalue weighted by molar-refractivity contribution is 5.80. The first kappa shape index (κ1) is 10.6. The van der Waals surface area contributed by atoms with E-state index in [1.807, 2.05) is 13.0 Å². The number of anilines is 1. The minimum absolute atomic E-state index is 0.0354. The van der Waals surface area contributed by atoms with Crippen molar-refractivity contribution in [1.29, 1.82) is 0 Å². The Morgan fingerprint density at radius 3 is 3.00 bits per heavy atom. The lowest BCUT2D eigenvalue weighted by Gasteiger charge is -2.03. The van der Waals surface area contributed by atoms with Gasteiger partial charge < -0.3 is 15.8 Å². The van der Waals surface area contributed by atoms with Gasteiger partial charge in [0.1, 0.15) is 11.6 Å². The number of H-pyrrole nitrogens is 1. The van der Waals surface area contributed by atoms with Gasteiger partial charge in [-0.05, 0) is 30.7 Å². The molecule has 0 radical (unpaired) electrons. The predicted molar refractivity (Wildman–Crippen MR) is 70.1 cm³/mol. The number of nitrogen functional groups attached to an aromatic ring is 1. The molecule has 1 aromatic carbocycles. The normalized spacial score (nSPS) is 10.9.